The second-order valence-electron chi connectivity index (χ2n) is 4.68. The molecule has 1 aromatic heterocycles. The van der Waals surface area contributed by atoms with Crippen LogP contribution in [0.5, 0.6) is 0 Å². The molecule has 0 aliphatic carbocycles. The molecule has 103 valence electrons. The number of aromatic nitrogens is 1. The molecule has 0 saturated heterocycles. The smallest absolute Gasteiger partial charge is 0.254 e. The van der Waals surface area contributed by atoms with Crippen molar-refractivity contribution < 1.29 is 9.59 Å². The summed E-state index contributed by atoms with van der Waals surface area (Å²) in [6.07, 6.45) is 3.51. The number of aromatic amines is 1. The zero-order chi connectivity index (χ0) is 14.7. The van der Waals surface area contributed by atoms with E-state index in [2.05, 4.69) is 10.3 Å². The summed E-state index contributed by atoms with van der Waals surface area (Å²) >= 11 is 0. The quantitative estimate of drug-likeness (QED) is 0.770. The first-order valence-electron chi connectivity index (χ1n) is 6.59. The van der Waals surface area contributed by atoms with Gasteiger partial charge in [0.05, 0.1) is 5.56 Å². The first-order valence-corrected chi connectivity index (χ1v) is 6.59. The van der Waals surface area contributed by atoms with Crippen molar-refractivity contribution in [3.63, 3.8) is 0 Å². The van der Waals surface area contributed by atoms with Crippen molar-refractivity contribution in [2.24, 2.45) is 0 Å². The van der Waals surface area contributed by atoms with Gasteiger partial charge in [0.15, 0.2) is 0 Å². The second kappa shape index (κ2) is 5.63. The molecule has 1 heterocycles. The molecule has 0 spiro atoms. The van der Waals surface area contributed by atoms with Gasteiger partial charge in [-0.1, -0.05) is 48.5 Å². The standard InChI is InChI=1S/C17H13N2O2/c20-11-16(12-6-2-1-3-7-12)19-17(21)14-10-18-15-9-5-4-8-13(14)15/h1-10,16,18H,(H,19,21). The zero-order valence-electron chi connectivity index (χ0n) is 11.2. The summed E-state index contributed by atoms with van der Waals surface area (Å²) in [4.78, 5) is 26.5. The van der Waals surface area contributed by atoms with Crippen molar-refractivity contribution in [2.45, 2.75) is 6.04 Å². The molecular weight excluding hydrogens is 264 g/mol. The predicted octanol–water partition coefficient (Wildman–Crippen LogP) is 2.75. The summed E-state index contributed by atoms with van der Waals surface area (Å²) in [5, 5.41) is 3.52. The van der Waals surface area contributed by atoms with Gasteiger partial charge < -0.3 is 10.3 Å². The van der Waals surface area contributed by atoms with Gasteiger partial charge in [0.1, 0.15) is 6.04 Å². The Morgan fingerprint density at radius 1 is 1.05 bits per heavy atom. The van der Waals surface area contributed by atoms with Crippen LogP contribution in [0, 0.1) is 0 Å². The Hall–Kier alpha value is -2.88. The van der Waals surface area contributed by atoms with Crippen LogP contribution >= 0.6 is 0 Å². The molecule has 0 bridgehead atoms. The van der Waals surface area contributed by atoms with Crippen LogP contribution in [0.1, 0.15) is 22.0 Å². The van der Waals surface area contributed by atoms with Crippen LogP contribution in [-0.2, 0) is 4.79 Å². The molecule has 2 aromatic carbocycles. The van der Waals surface area contributed by atoms with Gasteiger partial charge in [-0.2, -0.15) is 0 Å². The Kier molecular flexibility index (Phi) is 3.51. The minimum Gasteiger partial charge on any atom is -0.360 e. The lowest BCUT2D eigenvalue weighted by atomic mass is 10.1. The summed E-state index contributed by atoms with van der Waals surface area (Å²) in [5.41, 5.74) is 2.11. The molecule has 1 radical (unpaired) electrons. The van der Waals surface area contributed by atoms with E-state index < -0.39 is 6.04 Å². The minimum absolute atomic E-state index is 0.301. The normalized spacial score (nSPS) is 12.0. The topological polar surface area (TPSA) is 62.0 Å². The third kappa shape index (κ3) is 2.56. The number of benzene rings is 2. The summed E-state index contributed by atoms with van der Waals surface area (Å²) < 4.78 is 0. The fourth-order valence-electron chi connectivity index (χ4n) is 2.29. The lowest BCUT2D eigenvalue weighted by Gasteiger charge is -2.11. The molecule has 0 saturated carbocycles. The maximum atomic E-state index is 12.4. The molecule has 3 rings (SSSR count). The van der Waals surface area contributed by atoms with Crippen LogP contribution < -0.4 is 5.32 Å². The van der Waals surface area contributed by atoms with Gasteiger partial charge in [0.2, 0.25) is 6.29 Å². The van der Waals surface area contributed by atoms with Crippen molar-refractivity contribution in [1.29, 1.82) is 0 Å². The Morgan fingerprint density at radius 2 is 1.76 bits per heavy atom. The van der Waals surface area contributed by atoms with E-state index in [-0.39, 0.29) is 5.91 Å². The first kappa shape index (κ1) is 13.1. The van der Waals surface area contributed by atoms with Crippen molar-refractivity contribution in [3.05, 3.63) is 71.9 Å². The Labute approximate surface area is 121 Å². The third-order valence-electron chi connectivity index (χ3n) is 3.36. The maximum Gasteiger partial charge on any atom is 0.254 e. The number of fused-ring (bicyclic) bond motifs is 1. The number of hydrogen-bond donors (Lipinski definition) is 2. The Morgan fingerprint density at radius 3 is 2.52 bits per heavy atom. The van der Waals surface area contributed by atoms with Crippen molar-refractivity contribution in [1.82, 2.24) is 10.3 Å². The molecule has 1 amide bonds. The summed E-state index contributed by atoms with van der Waals surface area (Å²) in [5.74, 6) is -0.301. The number of nitrogens with one attached hydrogen (secondary N) is 2. The second-order valence-corrected chi connectivity index (χ2v) is 4.68. The molecule has 0 fully saturated rings. The SMILES string of the molecule is O=[C]C(NC(=O)c1c[nH]c2ccccc12)c1ccccc1. The molecule has 0 aliphatic heterocycles. The summed E-state index contributed by atoms with van der Waals surface area (Å²) in [6.45, 7) is 0. The Bertz CT molecular complexity index is 778. The van der Waals surface area contributed by atoms with E-state index in [1.165, 1.54) is 0 Å². The van der Waals surface area contributed by atoms with Crippen LogP contribution in [0.3, 0.4) is 0 Å². The predicted molar refractivity (Wildman–Crippen MR) is 80.6 cm³/mol. The molecule has 4 heteroatoms. The molecule has 0 aliphatic rings. The van der Waals surface area contributed by atoms with E-state index in [1.807, 2.05) is 48.8 Å². The number of rotatable bonds is 4. The van der Waals surface area contributed by atoms with E-state index in [0.717, 1.165) is 10.9 Å². The molecule has 1 unspecified atom stereocenters. The number of H-pyrrole nitrogens is 1. The zero-order valence-corrected chi connectivity index (χ0v) is 11.2. The van der Waals surface area contributed by atoms with E-state index in [9.17, 15) is 9.59 Å². The average Bonchev–Trinajstić information content (AvgIpc) is 2.97. The van der Waals surface area contributed by atoms with Crippen LogP contribution in [-0.4, -0.2) is 17.2 Å². The number of carbonyl (C=O) groups excluding carboxylic acids is 2. The highest BCUT2D eigenvalue weighted by Gasteiger charge is 2.17. The number of amides is 1. The van der Waals surface area contributed by atoms with Gasteiger partial charge in [0.25, 0.3) is 5.91 Å². The van der Waals surface area contributed by atoms with Crippen LogP contribution in [0.4, 0.5) is 0 Å². The fraction of sp³-hybridized carbons (Fsp3) is 0.0588. The highest BCUT2D eigenvalue weighted by Crippen LogP contribution is 2.19. The van der Waals surface area contributed by atoms with Gasteiger partial charge in [-0.3, -0.25) is 9.59 Å². The van der Waals surface area contributed by atoms with E-state index in [0.29, 0.717) is 11.1 Å². The molecule has 21 heavy (non-hydrogen) atoms. The molecule has 1 atom stereocenters. The van der Waals surface area contributed by atoms with Gasteiger partial charge in [-0.05, 0) is 11.6 Å². The summed E-state index contributed by atoms with van der Waals surface area (Å²) in [6, 6.07) is 15.8. The van der Waals surface area contributed by atoms with Gasteiger partial charge in [-0.25, -0.2) is 0 Å². The fourth-order valence-corrected chi connectivity index (χ4v) is 2.29. The first-order chi connectivity index (χ1) is 10.3. The van der Waals surface area contributed by atoms with Crippen LogP contribution in [0.25, 0.3) is 10.9 Å². The van der Waals surface area contributed by atoms with Gasteiger partial charge in [-0.15, -0.1) is 0 Å². The molecule has 4 nitrogen and oxygen atoms in total. The van der Waals surface area contributed by atoms with Gasteiger partial charge >= 0.3 is 0 Å². The molecular formula is C17H13N2O2. The van der Waals surface area contributed by atoms with Crippen molar-refractivity contribution >= 4 is 23.1 Å². The van der Waals surface area contributed by atoms with E-state index >= 15 is 0 Å². The van der Waals surface area contributed by atoms with Crippen LogP contribution in [0.2, 0.25) is 0 Å². The molecule has 3 aromatic rings. The van der Waals surface area contributed by atoms with E-state index in [4.69, 9.17) is 0 Å². The van der Waals surface area contributed by atoms with Crippen molar-refractivity contribution in [3.8, 4) is 0 Å². The van der Waals surface area contributed by atoms with Crippen molar-refractivity contribution in [2.75, 3.05) is 0 Å². The third-order valence-corrected chi connectivity index (χ3v) is 3.36. The minimum atomic E-state index is -0.771. The Balaban J connectivity index is 1.87. The van der Waals surface area contributed by atoms with E-state index in [1.54, 1.807) is 18.3 Å². The summed E-state index contributed by atoms with van der Waals surface area (Å²) in [7, 11) is 0. The molecule has 2 N–H and O–H groups in total. The number of hydrogen-bond acceptors (Lipinski definition) is 2. The largest absolute Gasteiger partial charge is 0.360 e. The lowest BCUT2D eigenvalue weighted by molar-refractivity contribution is 0.0948. The average molecular weight is 277 g/mol. The maximum absolute atomic E-state index is 12.4. The van der Waals surface area contributed by atoms with Gasteiger partial charge in [0, 0.05) is 17.1 Å². The number of para-hydroxylation sites is 1. The van der Waals surface area contributed by atoms with Crippen LogP contribution in [0.15, 0.2) is 60.8 Å². The monoisotopic (exact) mass is 277 g/mol. The highest BCUT2D eigenvalue weighted by molar-refractivity contribution is 6.07. The highest BCUT2D eigenvalue weighted by atomic mass is 16.2. The lowest BCUT2D eigenvalue weighted by Crippen LogP contribution is -2.29. The number of carbonyl (C=O) groups is 1.